The fraction of sp³-hybridized carbons (Fsp3) is 0.375. The van der Waals surface area contributed by atoms with Crippen LogP contribution in [0.5, 0.6) is 5.75 Å². The van der Waals surface area contributed by atoms with Crippen molar-refractivity contribution in [2.75, 3.05) is 36.5 Å². The van der Waals surface area contributed by atoms with Crippen LogP contribution in [0.3, 0.4) is 0 Å². The number of aryl methyl sites for hydroxylation is 1. The number of anilines is 2. The number of hydrogen-bond donors (Lipinski definition) is 1. The fourth-order valence-electron chi connectivity index (χ4n) is 7.27. The van der Waals surface area contributed by atoms with Crippen LogP contribution in [0.15, 0.2) is 65.7 Å². The normalized spacial score (nSPS) is 17.3. The van der Waals surface area contributed by atoms with Crippen molar-refractivity contribution in [1.29, 1.82) is 0 Å². The van der Waals surface area contributed by atoms with E-state index in [1.807, 2.05) is 62.1 Å². The van der Waals surface area contributed by atoms with Crippen LogP contribution in [0, 0.1) is 6.92 Å². The lowest BCUT2D eigenvalue weighted by Gasteiger charge is -2.45. The molecule has 58 heavy (non-hydrogen) atoms. The van der Waals surface area contributed by atoms with Gasteiger partial charge in [-0.25, -0.2) is 9.97 Å². The number of nitrogens with zero attached hydrogens (tertiary/aromatic N) is 8. The largest absolute Gasteiger partial charge is 0.485 e. The van der Waals surface area contributed by atoms with E-state index in [1.54, 1.807) is 16.4 Å². The van der Waals surface area contributed by atoms with Crippen molar-refractivity contribution in [3.05, 3.63) is 110 Å². The van der Waals surface area contributed by atoms with Crippen molar-refractivity contribution in [3.8, 4) is 5.75 Å². The Kier molecular flexibility index (Phi) is 11.5. The first-order valence-electron chi connectivity index (χ1n) is 18.8. The highest BCUT2D eigenvalue weighted by Crippen LogP contribution is 2.34. The minimum Gasteiger partial charge on any atom is -0.485 e. The molecule has 1 saturated heterocycles. The Morgan fingerprint density at radius 1 is 1.07 bits per heavy atom. The molecule has 7 rings (SSSR count). The fourth-order valence-corrected chi connectivity index (χ4v) is 7.49. The highest BCUT2D eigenvalue weighted by Gasteiger charge is 2.38. The Balaban J connectivity index is 1.22. The van der Waals surface area contributed by atoms with E-state index in [-0.39, 0.29) is 72.2 Å². The van der Waals surface area contributed by atoms with Crippen molar-refractivity contribution in [3.63, 3.8) is 0 Å². The van der Waals surface area contributed by atoms with E-state index < -0.39 is 35.3 Å². The minimum absolute atomic E-state index is 0.0136. The lowest BCUT2D eigenvalue weighted by atomic mass is 10.1. The van der Waals surface area contributed by atoms with Crippen LogP contribution in [0.25, 0.3) is 11.4 Å². The average molecular weight is 820 g/mol. The molecule has 0 spiro atoms. The Morgan fingerprint density at radius 2 is 1.84 bits per heavy atom. The second kappa shape index (κ2) is 16.6. The molecular weight excluding hydrogens is 779 g/mol. The molecule has 18 heteroatoms. The molecule has 304 valence electrons. The number of carbonyl (C=O) groups is 2. The standard InChI is InChI=1S/C40H41ClF3N9O5/c1-5-31-34(50-18-24(3)51(19-23(50)2)37(55)33-35(25(4)45-22-46-33)58-21-26-9-7-6-8-10-26)38(56)53-39(48-36(49-53)27-13-15-57-16-14-27)52(31)20-32(54)47-30-12-11-28(17-29(30)41)40(42,43)44/h6-13,17,22-24H,5,14-16,18-21H2,1-4H3,(H,47,54)/t23-,24+/m0/s1. The van der Waals surface area contributed by atoms with Gasteiger partial charge in [0, 0.05) is 25.2 Å². The second-order valence-electron chi connectivity index (χ2n) is 14.2. The first kappa shape index (κ1) is 40.4. The zero-order valence-corrected chi connectivity index (χ0v) is 33.0. The molecule has 5 aromatic rings. The number of halogens is 4. The van der Waals surface area contributed by atoms with Gasteiger partial charge in [0.05, 0.1) is 40.9 Å². The highest BCUT2D eigenvalue weighted by atomic mass is 35.5. The van der Waals surface area contributed by atoms with Crippen LogP contribution in [-0.4, -0.2) is 84.2 Å². The summed E-state index contributed by atoms with van der Waals surface area (Å²) in [4.78, 5) is 59.5. The number of ether oxygens (including phenoxy) is 2. The van der Waals surface area contributed by atoms with Crippen LogP contribution in [0.2, 0.25) is 5.02 Å². The smallest absolute Gasteiger partial charge is 0.416 e. The van der Waals surface area contributed by atoms with E-state index in [0.717, 1.165) is 29.3 Å². The highest BCUT2D eigenvalue weighted by molar-refractivity contribution is 6.33. The molecule has 2 aromatic carbocycles. The SMILES string of the molecule is CCc1c(N2C[C@@H](C)N(C(=O)c3ncnc(C)c3OCc3ccccc3)C[C@@H]2C)c(=O)n2nc(C3=CCOCC3)nc2n1CC(=O)Nc1ccc(C(F)(F)F)cc1Cl. The van der Waals surface area contributed by atoms with Gasteiger partial charge in [0.2, 0.25) is 11.7 Å². The van der Waals surface area contributed by atoms with Gasteiger partial charge in [0.15, 0.2) is 17.3 Å². The number of carbonyl (C=O) groups excluding carboxylic acids is 2. The summed E-state index contributed by atoms with van der Waals surface area (Å²) in [6, 6.07) is 11.4. The summed E-state index contributed by atoms with van der Waals surface area (Å²) in [5.74, 6) is -0.261. The van der Waals surface area contributed by atoms with Gasteiger partial charge in [0.25, 0.3) is 11.5 Å². The third kappa shape index (κ3) is 8.13. The molecule has 3 aromatic heterocycles. The molecule has 5 heterocycles. The van der Waals surface area contributed by atoms with Crippen molar-refractivity contribution >= 4 is 46.1 Å². The van der Waals surface area contributed by atoms with Crippen molar-refractivity contribution < 1.29 is 32.2 Å². The van der Waals surface area contributed by atoms with Gasteiger partial charge >= 0.3 is 6.18 Å². The molecule has 0 bridgehead atoms. The first-order chi connectivity index (χ1) is 27.7. The third-order valence-electron chi connectivity index (χ3n) is 10.2. The molecule has 2 amide bonds. The number of benzene rings is 2. The minimum atomic E-state index is -4.62. The number of alkyl halides is 3. The molecule has 2 aliphatic heterocycles. The van der Waals surface area contributed by atoms with Gasteiger partial charge in [-0.05, 0) is 62.9 Å². The molecule has 0 radical (unpaired) electrons. The van der Waals surface area contributed by atoms with Crippen LogP contribution >= 0.6 is 11.6 Å². The van der Waals surface area contributed by atoms with Crippen molar-refractivity contribution in [2.45, 2.75) is 71.9 Å². The Bertz CT molecular complexity index is 2450. The van der Waals surface area contributed by atoms with Gasteiger partial charge in [-0.15, -0.1) is 5.10 Å². The maximum absolute atomic E-state index is 14.6. The summed E-state index contributed by atoms with van der Waals surface area (Å²) in [6.07, 6.45) is -0.644. The van der Waals surface area contributed by atoms with Gasteiger partial charge in [-0.2, -0.15) is 22.7 Å². The van der Waals surface area contributed by atoms with Gasteiger partial charge in [0.1, 0.15) is 25.2 Å². The number of amides is 2. The number of rotatable bonds is 10. The third-order valence-corrected chi connectivity index (χ3v) is 10.5. The van der Waals surface area contributed by atoms with Crippen LogP contribution in [0.4, 0.5) is 24.5 Å². The predicted octanol–water partition coefficient (Wildman–Crippen LogP) is 5.98. The molecular formula is C40H41ClF3N9O5. The van der Waals surface area contributed by atoms with E-state index in [1.165, 1.54) is 10.8 Å². The first-order valence-corrected chi connectivity index (χ1v) is 19.1. The van der Waals surface area contributed by atoms with E-state index >= 15 is 0 Å². The average Bonchev–Trinajstić information content (AvgIpc) is 3.66. The molecule has 14 nitrogen and oxygen atoms in total. The second-order valence-corrected chi connectivity index (χ2v) is 14.6. The van der Waals surface area contributed by atoms with Gasteiger partial charge in [-0.3, -0.25) is 14.4 Å². The Hall–Kier alpha value is -5.81. The number of nitrogens with one attached hydrogen (secondary N) is 1. The maximum Gasteiger partial charge on any atom is 0.416 e. The quantitative estimate of drug-likeness (QED) is 0.178. The van der Waals surface area contributed by atoms with E-state index in [2.05, 4.69) is 20.4 Å². The van der Waals surface area contributed by atoms with Gasteiger partial charge < -0.3 is 29.2 Å². The zero-order valence-electron chi connectivity index (χ0n) is 32.2. The monoisotopic (exact) mass is 819 g/mol. The molecule has 2 aliphatic rings. The summed E-state index contributed by atoms with van der Waals surface area (Å²) >= 11 is 6.18. The van der Waals surface area contributed by atoms with Crippen LogP contribution < -0.4 is 20.5 Å². The summed E-state index contributed by atoms with van der Waals surface area (Å²) in [5, 5.41) is 6.94. The number of piperazine rings is 1. The topological polar surface area (TPSA) is 149 Å². The molecule has 1 fully saturated rings. The summed E-state index contributed by atoms with van der Waals surface area (Å²) in [7, 11) is 0. The molecule has 0 aliphatic carbocycles. The Morgan fingerprint density at radius 3 is 2.53 bits per heavy atom. The molecule has 2 atom stereocenters. The molecule has 0 unspecified atom stereocenters. The number of fused-ring (bicyclic) bond motifs is 1. The Labute approximate surface area is 336 Å². The zero-order chi connectivity index (χ0) is 41.3. The van der Waals surface area contributed by atoms with Crippen molar-refractivity contribution in [1.82, 2.24) is 34.0 Å². The van der Waals surface area contributed by atoms with E-state index in [9.17, 15) is 27.6 Å². The van der Waals surface area contributed by atoms with Gasteiger partial charge in [-0.1, -0.05) is 54.9 Å². The molecule has 0 saturated carbocycles. The lowest BCUT2D eigenvalue weighted by Crippen LogP contribution is -2.59. The predicted molar refractivity (Wildman–Crippen MR) is 210 cm³/mol. The number of aromatic nitrogens is 6. The van der Waals surface area contributed by atoms with Crippen molar-refractivity contribution in [2.24, 2.45) is 0 Å². The summed E-state index contributed by atoms with van der Waals surface area (Å²) in [6.45, 7) is 8.46. The number of hydrogen-bond acceptors (Lipinski definition) is 10. The summed E-state index contributed by atoms with van der Waals surface area (Å²) < 4.78 is 54.3. The van der Waals surface area contributed by atoms with Crippen LogP contribution in [0.1, 0.15) is 66.0 Å². The maximum atomic E-state index is 14.6. The van der Waals surface area contributed by atoms with E-state index in [4.69, 9.17) is 26.1 Å². The van der Waals surface area contributed by atoms with E-state index in [0.29, 0.717) is 36.8 Å². The molecule has 1 N–H and O–H groups in total. The van der Waals surface area contributed by atoms with Crippen LogP contribution in [-0.2, 0) is 35.3 Å². The summed E-state index contributed by atoms with van der Waals surface area (Å²) in [5.41, 5.74) is 1.68. The lowest BCUT2D eigenvalue weighted by molar-refractivity contribution is -0.137.